The van der Waals surface area contributed by atoms with E-state index in [2.05, 4.69) is 0 Å². The van der Waals surface area contributed by atoms with Crippen molar-refractivity contribution in [1.82, 2.24) is 4.31 Å². The Morgan fingerprint density at radius 1 is 1.24 bits per heavy atom. The molecule has 1 atom stereocenters. The zero-order valence-electron chi connectivity index (χ0n) is 11.6. The number of β-amino-alcohol motifs (C(OH)–C–C–N with tert-alkyl or cyclic N) is 1. The molecule has 0 amide bonds. The number of aliphatic hydroxyl groups is 1. The van der Waals surface area contributed by atoms with Crippen LogP contribution in [0.1, 0.15) is 12.8 Å². The summed E-state index contributed by atoms with van der Waals surface area (Å²) in [5.74, 6) is 0. The van der Waals surface area contributed by atoms with Gasteiger partial charge in [-0.05, 0) is 36.4 Å². The third-order valence-corrected chi connectivity index (χ3v) is 5.76. The lowest BCUT2D eigenvalue weighted by atomic mass is 10.1. The van der Waals surface area contributed by atoms with Gasteiger partial charge in [-0.3, -0.25) is 0 Å². The van der Waals surface area contributed by atoms with Crippen molar-refractivity contribution >= 4 is 26.5 Å². The van der Waals surface area contributed by atoms with Crippen molar-refractivity contribution in [3.63, 3.8) is 0 Å². The van der Waals surface area contributed by atoms with Crippen molar-refractivity contribution in [3.05, 3.63) is 36.4 Å². The van der Waals surface area contributed by atoms with Crippen LogP contribution in [0.3, 0.4) is 0 Å². The van der Waals surface area contributed by atoms with E-state index < -0.39 is 16.1 Å². The molecule has 2 aromatic rings. The average molecular weight is 306 g/mol. The lowest BCUT2D eigenvalue weighted by Crippen LogP contribution is -2.42. The molecule has 2 aromatic carbocycles. The van der Waals surface area contributed by atoms with E-state index in [1.54, 1.807) is 30.3 Å². The summed E-state index contributed by atoms with van der Waals surface area (Å²) in [5, 5.41) is 11.2. The SMILES string of the molecule is Nc1ccc2c(S(=O)(=O)N3CCCC(O)C3)cccc2c1. The number of hydrogen-bond donors (Lipinski definition) is 2. The number of piperidine rings is 1. The van der Waals surface area contributed by atoms with Crippen molar-refractivity contribution in [2.24, 2.45) is 0 Å². The molecule has 0 aliphatic carbocycles. The van der Waals surface area contributed by atoms with Gasteiger partial charge in [0, 0.05) is 24.2 Å². The number of fused-ring (bicyclic) bond motifs is 1. The highest BCUT2D eigenvalue weighted by Gasteiger charge is 2.30. The zero-order chi connectivity index (χ0) is 15.0. The van der Waals surface area contributed by atoms with E-state index in [1.165, 1.54) is 4.31 Å². The first-order valence-corrected chi connectivity index (χ1v) is 8.39. The van der Waals surface area contributed by atoms with Gasteiger partial charge in [0.05, 0.1) is 11.0 Å². The molecular weight excluding hydrogens is 288 g/mol. The van der Waals surface area contributed by atoms with Gasteiger partial charge in [0.1, 0.15) is 0 Å². The smallest absolute Gasteiger partial charge is 0.243 e. The molecule has 112 valence electrons. The van der Waals surface area contributed by atoms with Crippen LogP contribution in [0.25, 0.3) is 10.8 Å². The van der Waals surface area contributed by atoms with Crippen LogP contribution in [-0.2, 0) is 10.0 Å². The fourth-order valence-electron chi connectivity index (χ4n) is 2.78. The summed E-state index contributed by atoms with van der Waals surface area (Å²) >= 11 is 0. The third-order valence-electron chi connectivity index (χ3n) is 3.84. The van der Waals surface area contributed by atoms with E-state index in [9.17, 15) is 13.5 Å². The molecule has 5 nitrogen and oxygen atoms in total. The fraction of sp³-hybridized carbons (Fsp3) is 0.333. The molecule has 0 bridgehead atoms. The first-order chi connectivity index (χ1) is 9.98. The molecule has 1 fully saturated rings. The van der Waals surface area contributed by atoms with Gasteiger partial charge >= 0.3 is 0 Å². The van der Waals surface area contributed by atoms with Gasteiger partial charge < -0.3 is 10.8 Å². The van der Waals surface area contributed by atoms with Crippen LogP contribution in [0.5, 0.6) is 0 Å². The quantitative estimate of drug-likeness (QED) is 0.825. The summed E-state index contributed by atoms with van der Waals surface area (Å²) in [4.78, 5) is 0.272. The van der Waals surface area contributed by atoms with Crippen molar-refractivity contribution in [2.45, 2.75) is 23.8 Å². The molecule has 1 heterocycles. The van der Waals surface area contributed by atoms with Gasteiger partial charge in [-0.2, -0.15) is 4.31 Å². The number of hydrogen-bond acceptors (Lipinski definition) is 4. The number of nitrogens with two attached hydrogens (primary N) is 1. The van der Waals surface area contributed by atoms with Gasteiger partial charge in [-0.15, -0.1) is 0 Å². The van der Waals surface area contributed by atoms with Gasteiger partial charge in [-0.25, -0.2) is 8.42 Å². The Bertz CT molecular complexity index is 774. The number of aliphatic hydroxyl groups excluding tert-OH is 1. The van der Waals surface area contributed by atoms with Gasteiger partial charge in [0.25, 0.3) is 0 Å². The predicted octanol–water partition coefficient (Wildman–Crippen LogP) is 1.57. The van der Waals surface area contributed by atoms with Crippen LogP contribution in [0.15, 0.2) is 41.3 Å². The first-order valence-electron chi connectivity index (χ1n) is 6.95. The minimum Gasteiger partial charge on any atom is -0.399 e. The van der Waals surface area contributed by atoms with Crippen LogP contribution in [-0.4, -0.2) is 37.0 Å². The lowest BCUT2D eigenvalue weighted by Gasteiger charge is -2.29. The summed E-state index contributed by atoms with van der Waals surface area (Å²) in [6.07, 6.45) is 0.745. The Kier molecular flexibility index (Phi) is 3.61. The van der Waals surface area contributed by atoms with Crippen LogP contribution in [0, 0.1) is 0 Å². The summed E-state index contributed by atoms with van der Waals surface area (Å²) in [7, 11) is -3.60. The zero-order valence-corrected chi connectivity index (χ0v) is 12.4. The molecule has 1 unspecified atom stereocenters. The van der Waals surface area contributed by atoms with E-state index in [1.807, 2.05) is 6.07 Å². The molecule has 0 radical (unpaired) electrons. The molecular formula is C15H18N2O3S. The van der Waals surface area contributed by atoms with Crippen molar-refractivity contribution in [2.75, 3.05) is 18.8 Å². The first kappa shape index (κ1) is 14.3. The molecule has 0 aromatic heterocycles. The Hall–Kier alpha value is -1.63. The van der Waals surface area contributed by atoms with Gasteiger partial charge in [-0.1, -0.05) is 18.2 Å². The Balaban J connectivity index is 2.10. The molecule has 0 saturated carbocycles. The Morgan fingerprint density at radius 2 is 2.05 bits per heavy atom. The maximum absolute atomic E-state index is 12.8. The molecule has 1 aliphatic heterocycles. The maximum Gasteiger partial charge on any atom is 0.243 e. The molecule has 21 heavy (non-hydrogen) atoms. The summed E-state index contributed by atoms with van der Waals surface area (Å²) in [6, 6.07) is 10.4. The minimum absolute atomic E-state index is 0.160. The van der Waals surface area contributed by atoms with Crippen LogP contribution in [0.4, 0.5) is 5.69 Å². The topological polar surface area (TPSA) is 83.6 Å². The Morgan fingerprint density at radius 3 is 2.81 bits per heavy atom. The van der Waals surface area contributed by atoms with Crippen molar-refractivity contribution < 1.29 is 13.5 Å². The summed E-state index contributed by atoms with van der Waals surface area (Å²) < 4.78 is 27.0. The molecule has 3 N–H and O–H groups in total. The molecule has 1 saturated heterocycles. The lowest BCUT2D eigenvalue weighted by molar-refractivity contribution is 0.108. The monoisotopic (exact) mass is 306 g/mol. The summed E-state index contributed by atoms with van der Waals surface area (Å²) in [5.41, 5.74) is 6.35. The number of sulfonamides is 1. The second-order valence-corrected chi connectivity index (χ2v) is 7.30. The standard InChI is InChI=1S/C15H18N2O3S/c16-12-6-7-14-11(9-12)3-1-5-15(14)21(19,20)17-8-2-4-13(18)10-17/h1,3,5-7,9,13,18H,2,4,8,10,16H2. The van der Waals surface area contributed by atoms with Crippen LogP contribution >= 0.6 is 0 Å². The highest BCUT2D eigenvalue weighted by molar-refractivity contribution is 7.89. The number of benzene rings is 2. The third kappa shape index (κ3) is 2.62. The number of nitrogen functional groups attached to an aromatic ring is 1. The molecule has 0 spiro atoms. The highest BCUT2D eigenvalue weighted by Crippen LogP contribution is 2.28. The molecule has 1 aliphatic rings. The minimum atomic E-state index is -3.60. The second-order valence-electron chi connectivity index (χ2n) is 5.40. The van der Waals surface area contributed by atoms with E-state index >= 15 is 0 Å². The van der Waals surface area contributed by atoms with Crippen molar-refractivity contribution in [1.29, 1.82) is 0 Å². The van der Waals surface area contributed by atoms with E-state index in [0.717, 1.165) is 5.39 Å². The van der Waals surface area contributed by atoms with Crippen LogP contribution < -0.4 is 5.73 Å². The number of anilines is 1. The number of nitrogens with zero attached hydrogens (tertiary/aromatic N) is 1. The number of rotatable bonds is 2. The largest absolute Gasteiger partial charge is 0.399 e. The maximum atomic E-state index is 12.8. The van der Waals surface area contributed by atoms with Gasteiger partial charge in [0.15, 0.2) is 0 Å². The highest BCUT2D eigenvalue weighted by atomic mass is 32.2. The fourth-order valence-corrected chi connectivity index (χ4v) is 4.51. The summed E-state index contributed by atoms with van der Waals surface area (Å²) in [6.45, 7) is 0.610. The van der Waals surface area contributed by atoms with E-state index in [-0.39, 0.29) is 11.4 Å². The van der Waals surface area contributed by atoms with Crippen LogP contribution in [0.2, 0.25) is 0 Å². The van der Waals surface area contributed by atoms with Gasteiger partial charge in [0.2, 0.25) is 10.0 Å². The Labute approximate surface area is 124 Å². The average Bonchev–Trinajstić information content (AvgIpc) is 2.46. The molecule has 6 heteroatoms. The van der Waals surface area contributed by atoms with E-state index in [0.29, 0.717) is 30.5 Å². The van der Waals surface area contributed by atoms with E-state index in [4.69, 9.17) is 5.73 Å². The van der Waals surface area contributed by atoms with Crippen molar-refractivity contribution in [3.8, 4) is 0 Å². The predicted molar refractivity (Wildman–Crippen MR) is 82.4 cm³/mol. The normalized spacial score (nSPS) is 20.7. The molecule has 3 rings (SSSR count). The second kappa shape index (κ2) is 5.29.